The van der Waals surface area contributed by atoms with Crippen LogP contribution < -0.4 is 20.1 Å². The molecule has 0 radical (unpaired) electrons. The molecule has 1 aliphatic heterocycles. The summed E-state index contributed by atoms with van der Waals surface area (Å²) in [5.41, 5.74) is 2.67. The number of thiazole rings is 1. The van der Waals surface area contributed by atoms with Gasteiger partial charge in [-0.15, -0.1) is 11.3 Å². The third kappa shape index (κ3) is 4.55. The summed E-state index contributed by atoms with van der Waals surface area (Å²) in [6, 6.07) is 10.5. The van der Waals surface area contributed by atoms with Crippen molar-refractivity contribution in [2.24, 2.45) is 0 Å². The number of hydrogen-bond acceptors (Lipinski definition) is 6. The van der Waals surface area contributed by atoms with E-state index < -0.39 is 0 Å². The maximum atomic E-state index is 12.7. The summed E-state index contributed by atoms with van der Waals surface area (Å²) in [7, 11) is 0. The standard InChI is InChI=1S/C21H18ClN3O4S/c1-12(26)23-15-5-3-13(4-6-15)17-11-30-21(24-17)25-20(27)14-9-16(22)19-18(10-14)28-7-2-8-29-19/h3-6,9-11H,2,7-8H2,1H3,(H,23,26)(H,24,25,27). The molecule has 2 heterocycles. The topological polar surface area (TPSA) is 89.6 Å². The Bertz CT molecular complexity index is 1100. The zero-order chi connectivity index (χ0) is 21.1. The summed E-state index contributed by atoms with van der Waals surface area (Å²) < 4.78 is 11.2. The van der Waals surface area contributed by atoms with Gasteiger partial charge < -0.3 is 14.8 Å². The van der Waals surface area contributed by atoms with Gasteiger partial charge in [-0.2, -0.15) is 0 Å². The van der Waals surface area contributed by atoms with Crippen LogP contribution >= 0.6 is 22.9 Å². The van der Waals surface area contributed by atoms with Gasteiger partial charge in [-0.1, -0.05) is 23.7 Å². The van der Waals surface area contributed by atoms with Gasteiger partial charge in [0.1, 0.15) is 0 Å². The SMILES string of the molecule is CC(=O)Nc1ccc(-c2csc(NC(=O)c3cc(Cl)c4c(c3)OCCCO4)n2)cc1. The Kier molecular flexibility index (Phi) is 5.87. The molecule has 0 saturated carbocycles. The molecule has 0 bridgehead atoms. The molecule has 30 heavy (non-hydrogen) atoms. The van der Waals surface area contributed by atoms with Crippen LogP contribution in [0.4, 0.5) is 10.8 Å². The van der Waals surface area contributed by atoms with Gasteiger partial charge in [0, 0.05) is 35.5 Å². The van der Waals surface area contributed by atoms with Crippen molar-refractivity contribution in [1.29, 1.82) is 0 Å². The number of carbonyl (C=O) groups is 2. The molecule has 0 spiro atoms. The number of aromatic nitrogens is 1. The van der Waals surface area contributed by atoms with Crippen molar-refractivity contribution >= 4 is 45.6 Å². The number of amides is 2. The van der Waals surface area contributed by atoms with Crippen LogP contribution in [0.5, 0.6) is 11.5 Å². The van der Waals surface area contributed by atoms with E-state index >= 15 is 0 Å². The summed E-state index contributed by atoms with van der Waals surface area (Å²) in [5.74, 6) is 0.458. The fraction of sp³-hybridized carbons (Fsp3) is 0.190. The molecule has 2 N–H and O–H groups in total. The van der Waals surface area contributed by atoms with Crippen molar-refractivity contribution in [3.8, 4) is 22.8 Å². The highest BCUT2D eigenvalue weighted by atomic mass is 35.5. The van der Waals surface area contributed by atoms with Crippen LogP contribution in [0.3, 0.4) is 0 Å². The largest absolute Gasteiger partial charge is 0.489 e. The van der Waals surface area contributed by atoms with E-state index in [0.29, 0.717) is 46.1 Å². The van der Waals surface area contributed by atoms with Crippen molar-refractivity contribution in [3.63, 3.8) is 0 Å². The molecule has 0 aliphatic carbocycles. The minimum Gasteiger partial charge on any atom is -0.489 e. The Balaban J connectivity index is 1.48. The molecule has 2 aromatic carbocycles. The first-order valence-corrected chi connectivity index (χ1v) is 10.5. The van der Waals surface area contributed by atoms with Crippen LogP contribution in [0.25, 0.3) is 11.3 Å². The molecule has 1 aliphatic rings. The van der Waals surface area contributed by atoms with Gasteiger partial charge in [0.2, 0.25) is 5.91 Å². The van der Waals surface area contributed by atoms with E-state index in [1.54, 1.807) is 24.3 Å². The number of fused-ring (bicyclic) bond motifs is 1. The third-order valence-electron chi connectivity index (χ3n) is 4.29. The minimum absolute atomic E-state index is 0.128. The number of halogens is 1. The molecular weight excluding hydrogens is 426 g/mol. The Hall–Kier alpha value is -3.10. The average molecular weight is 444 g/mol. The Morgan fingerprint density at radius 3 is 2.63 bits per heavy atom. The number of anilines is 2. The highest BCUT2D eigenvalue weighted by Gasteiger charge is 2.19. The first kappa shape index (κ1) is 20.2. The quantitative estimate of drug-likeness (QED) is 0.602. The molecule has 0 atom stereocenters. The molecule has 0 saturated heterocycles. The zero-order valence-electron chi connectivity index (χ0n) is 16.0. The lowest BCUT2D eigenvalue weighted by Gasteiger charge is -2.11. The van der Waals surface area contributed by atoms with Gasteiger partial charge in [-0.3, -0.25) is 14.9 Å². The lowest BCUT2D eigenvalue weighted by molar-refractivity contribution is -0.114. The van der Waals surface area contributed by atoms with Crippen molar-refractivity contribution in [1.82, 2.24) is 4.98 Å². The molecule has 1 aromatic heterocycles. The van der Waals surface area contributed by atoms with Gasteiger partial charge in [-0.05, 0) is 24.3 Å². The highest BCUT2D eigenvalue weighted by molar-refractivity contribution is 7.14. The first-order chi connectivity index (χ1) is 14.5. The fourth-order valence-corrected chi connectivity index (χ4v) is 3.90. The smallest absolute Gasteiger partial charge is 0.257 e. The highest BCUT2D eigenvalue weighted by Crippen LogP contribution is 2.38. The average Bonchev–Trinajstić information content (AvgIpc) is 3.03. The van der Waals surface area contributed by atoms with E-state index in [0.717, 1.165) is 17.7 Å². The Morgan fingerprint density at radius 2 is 1.87 bits per heavy atom. The molecule has 7 nitrogen and oxygen atoms in total. The van der Waals surface area contributed by atoms with Crippen molar-refractivity contribution in [2.75, 3.05) is 23.8 Å². The van der Waals surface area contributed by atoms with E-state index in [-0.39, 0.29) is 11.8 Å². The fourth-order valence-electron chi connectivity index (χ4n) is 2.92. The number of hydrogen-bond donors (Lipinski definition) is 2. The second kappa shape index (κ2) is 8.73. The summed E-state index contributed by atoms with van der Waals surface area (Å²) in [4.78, 5) is 28.3. The lowest BCUT2D eigenvalue weighted by Crippen LogP contribution is -2.12. The van der Waals surface area contributed by atoms with Gasteiger partial charge in [0.25, 0.3) is 5.91 Å². The van der Waals surface area contributed by atoms with E-state index in [1.807, 2.05) is 17.5 Å². The second-order valence-electron chi connectivity index (χ2n) is 6.59. The minimum atomic E-state index is -0.338. The number of rotatable bonds is 4. The Labute approximate surface area is 182 Å². The van der Waals surface area contributed by atoms with E-state index in [4.69, 9.17) is 21.1 Å². The van der Waals surface area contributed by atoms with Crippen LogP contribution in [0.15, 0.2) is 41.8 Å². The monoisotopic (exact) mass is 443 g/mol. The maximum Gasteiger partial charge on any atom is 0.257 e. The van der Waals surface area contributed by atoms with Crippen LogP contribution in [-0.4, -0.2) is 30.0 Å². The lowest BCUT2D eigenvalue weighted by atomic mass is 10.1. The van der Waals surface area contributed by atoms with Crippen LogP contribution in [-0.2, 0) is 4.79 Å². The summed E-state index contributed by atoms with van der Waals surface area (Å²) in [6.45, 7) is 2.48. The Morgan fingerprint density at radius 1 is 1.10 bits per heavy atom. The number of nitrogens with one attached hydrogen (secondary N) is 2. The zero-order valence-corrected chi connectivity index (χ0v) is 17.6. The molecule has 4 rings (SSSR count). The van der Waals surface area contributed by atoms with Crippen molar-refractivity contribution in [2.45, 2.75) is 13.3 Å². The number of benzene rings is 2. The molecule has 2 amide bonds. The normalized spacial score (nSPS) is 12.7. The van der Waals surface area contributed by atoms with Gasteiger partial charge in [0.15, 0.2) is 16.6 Å². The molecular formula is C21H18ClN3O4S. The molecule has 3 aromatic rings. The van der Waals surface area contributed by atoms with Gasteiger partial charge in [0.05, 0.1) is 23.9 Å². The van der Waals surface area contributed by atoms with Crippen LogP contribution in [0, 0.1) is 0 Å². The number of carbonyl (C=O) groups excluding carboxylic acids is 2. The third-order valence-corrected chi connectivity index (χ3v) is 5.33. The summed E-state index contributed by atoms with van der Waals surface area (Å²) in [6.07, 6.45) is 0.750. The second-order valence-corrected chi connectivity index (χ2v) is 7.85. The predicted molar refractivity (Wildman–Crippen MR) is 117 cm³/mol. The predicted octanol–water partition coefficient (Wildman–Crippen LogP) is 4.84. The summed E-state index contributed by atoms with van der Waals surface area (Å²) in [5, 5.41) is 8.16. The van der Waals surface area contributed by atoms with Crippen molar-refractivity contribution in [3.05, 3.63) is 52.4 Å². The molecule has 0 fully saturated rings. The van der Waals surface area contributed by atoms with E-state index in [2.05, 4.69) is 15.6 Å². The van der Waals surface area contributed by atoms with Crippen LogP contribution in [0.1, 0.15) is 23.7 Å². The number of ether oxygens (including phenoxy) is 2. The maximum absolute atomic E-state index is 12.7. The van der Waals surface area contributed by atoms with E-state index in [9.17, 15) is 9.59 Å². The molecule has 9 heteroatoms. The summed E-state index contributed by atoms with van der Waals surface area (Å²) >= 11 is 7.59. The molecule has 154 valence electrons. The van der Waals surface area contributed by atoms with Gasteiger partial charge >= 0.3 is 0 Å². The van der Waals surface area contributed by atoms with Crippen molar-refractivity contribution < 1.29 is 19.1 Å². The number of nitrogens with zero attached hydrogens (tertiary/aromatic N) is 1. The van der Waals surface area contributed by atoms with E-state index in [1.165, 1.54) is 18.3 Å². The molecule has 0 unspecified atom stereocenters. The first-order valence-electron chi connectivity index (χ1n) is 9.23. The van der Waals surface area contributed by atoms with Gasteiger partial charge in [-0.25, -0.2) is 4.98 Å². The van der Waals surface area contributed by atoms with Crippen LogP contribution in [0.2, 0.25) is 5.02 Å².